The SMILES string of the molecule is CC(N)C(C)C(=O)NC(c1ccccc1)C(C)(C)C.Cl. The molecule has 1 amide bonds. The Labute approximate surface area is 128 Å². The molecule has 0 aliphatic heterocycles. The van der Waals surface area contributed by atoms with Crippen LogP contribution in [0.4, 0.5) is 0 Å². The molecule has 3 nitrogen and oxygen atoms in total. The third-order valence-corrected chi connectivity index (χ3v) is 3.49. The highest BCUT2D eigenvalue weighted by atomic mass is 35.5. The van der Waals surface area contributed by atoms with Gasteiger partial charge < -0.3 is 11.1 Å². The van der Waals surface area contributed by atoms with Crippen LogP contribution in [0.1, 0.15) is 46.2 Å². The number of amides is 1. The number of nitrogens with two attached hydrogens (primary N) is 1. The van der Waals surface area contributed by atoms with Crippen LogP contribution in [0.25, 0.3) is 0 Å². The summed E-state index contributed by atoms with van der Waals surface area (Å²) in [6.07, 6.45) is 0. The van der Waals surface area contributed by atoms with Crippen LogP contribution in [-0.2, 0) is 4.79 Å². The number of hydrogen-bond acceptors (Lipinski definition) is 2. The molecule has 0 fully saturated rings. The third-order valence-electron chi connectivity index (χ3n) is 3.49. The van der Waals surface area contributed by atoms with Gasteiger partial charge >= 0.3 is 0 Å². The smallest absolute Gasteiger partial charge is 0.224 e. The minimum absolute atomic E-state index is 0. The van der Waals surface area contributed by atoms with Gasteiger partial charge in [-0.05, 0) is 17.9 Å². The molecule has 1 rings (SSSR count). The molecule has 1 aromatic rings. The van der Waals surface area contributed by atoms with Gasteiger partial charge in [0, 0.05) is 12.0 Å². The van der Waals surface area contributed by atoms with Crippen molar-refractivity contribution >= 4 is 18.3 Å². The number of hydrogen-bond donors (Lipinski definition) is 2. The van der Waals surface area contributed by atoms with E-state index >= 15 is 0 Å². The van der Waals surface area contributed by atoms with Crippen molar-refractivity contribution in [3.63, 3.8) is 0 Å². The Morgan fingerprint density at radius 3 is 2.05 bits per heavy atom. The molecule has 114 valence electrons. The maximum absolute atomic E-state index is 12.2. The van der Waals surface area contributed by atoms with E-state index in [9.17, 15) is 4.79 Å². The molecule has 0 saturated heterocycles. The largest absolute Gasteiger partial charge is 0.348 e. The van der Waals surface area contributed by atoms with E-state index in [1.807, 2.05) is 44.2 Å². The fourth-order valence-electron chi connectivity index (χ4n) is 1.96. The van der Waals surface area contributed by atoms with Crippen molar-refractivity contribution in [1.82, 2.24) is 5.32 Å². The number of carbonyl (C=O) groups excluding carboxylic acids is 1. The summed E-state index contributed by atoms with van der Waals surface area (Å²) >= 11 is 0. The molecule has 0 bridgehead atoms. The highest BCUT2D eigenvalue weighted by molar-refractivity contribution is 5.85. The molecule has 0 aliphatic rings. The van der Waals surface area contributed by atoms with Gasteiger partial charge in [-0.25, -0.2) is 0 Å². The lowest BCUT2D eigenvalue weighted by Crippen LogP contribution is -2.43. The van der Waals surface area contributed by atoms with E-state index in [-0.39, 0.29) is 41.7 Å². The maximum atomic E-state index is 12.2. The van der Waals surface area contributed by atoms with Gasteiger partial charge in [0.2, 0.25) is 5.91 Å². The quantitative estimate of drug-likeness (QED) is 0.896. The molecule has 3 unspecified atom stereocenters. The van der Waals surface area contributed by atoms with Crippen LogP contribution in [0.2, 0.25) is 0 Å². The molecule has 0 saturated carbocycles. The normalized spacial score (nSPS) is 15.7. The molecule has 3 atom stereocenters. The van der Waals surface area contributed by atoms with Crippen LogP contribution in [0.5, 0.6) is 0 Å². The molecule has 4 heteroatoms. The zero-order chi connectivity index (χ0) is 14.6. The summed E-state index contributed by atoms with van der Waals surface area (Å²) in [5.74, 6) is -0.174. The van der Waals surface area contributed by atoms with E-state index < -0.39 is 0 Å². The first-order valence-corrected chi connectivity index (χ1v) is 6.84. The van der Waals surface area contributed by atoms with E-state index in [1.54, 1.807) is 0 Å². The van der Waals surface area contributed by atoms with E-state index in [1.165, 1.54) is 0 Å². The van der Waals surface area contributed by atoms with Crippen molar-refractivity contribution in [3.8, 4) is 0 Å². The van der Waals surface area contributed by atoms with Gasteiger partial charge in [0.1, 0.15) is 0 Å². The van der Waals surface area contributed by atoms with E-state index in [4.69, 9.17) is 5.73 Å². The predicted molar refractivity (Wildman–Crippen MR) is 86.8 cm³/mol. The van der Waals surface area contributed by atoms with Gasteiger partial charge in [-0.2, -0.15) is 0 Å². The van der Waals surface area contributed by atoms with Crippen LogP contribution in [-0.4, -0.2) is 11.9 Å². The van der Waals surface area contributed by atoms with Crippen molar-refractivity contribution in [3.05, 3.63) is 35.9 Å². The van der Waals surface area contributed by atoms with Crippen molar-refractivity contribution in [1.29, 1.82) is 0 Å². The Morgan fingerprint density at radius 2 is 1.65 bits per heavy atom. The average molecular weight is 299 g/mol. The zero-order valence-corrected chi connectivity index (χ0v) is 13.8. The average Bonchev–Trinajstić information content (AvgIpc) is 2.34. The van der Waals surface area contributed by atoms with Gasteiger partial charge in [0.25, 0.3) is 0 Å². The molecule has 20 heavy (non-hydrogen) atoms. The van der Waals surface area contributed by atoms with Gasteiger partial charge in [-0.1, -0.05) is 58.0 Å². The summed E-state index contributed by atoms with van der Waals surface area (Å²) < 4.78 is 0. The lowest BCUT2D eigenvalue weighted by Gasteiger charge is -2.33. The number of benzene rings is 1. The first-order valence-electron chi connectivity index (χ1n) is 6.84. The van der Waals surface area contributed by atoms with Gasteiger partial charge in [0.05, 0.1) is 6.04 Å². The monoisotopic (exact) mass is 298 g/mol. The first-order chi connectivity index (χ1) is 8.73. The Hall–Kier alpha value is -1.06. The molecule has 0 aliphatic carbocycles. The Bertz CT molecular complexity index is 412. The fraction of sp³-hybridized carbons (Fsp3) is 0.562. The van der Waals surface area contributed by atoms with E-state index in [0.29, 0.717) is 0 Å². The van der Waals surface area contributed by atoms with Gasteiger partial charge in [0.15, 0.2) is 0 Å². The zero-order valence-electron chi connectivity index (χ0n) is 13.0. The third kappa shape index (κ3) is 5.14. The highest BCUT2D eigenvalue weighted by Gasteiger charge is 2.29. The highest BCUT2D eigenvalue weighted by Crippen LogP contribution is 2.32. The van der Waals surface area contributed by atoms with Gasteiger partial charge in [-0.3, -0.25) is 4.79 Å². The van der Waals surface area contributed by atoms with Crippen molar-refractivity contribution in [2.45, 2.75) is 46.7 Å². The second-order valence-electron chi connectivity index (χ2n) is 6.37. The number of halogens is 1. The van der Waals surface area contributed by atoms with Crippen LogP contribution < -0.4 is 11.1 Å². The van der Waals surface area contributed by atoms with Crippen molar-refractivity contribution in [2.24, 2.45) is 17.1 Å². The maximum Gasteiger partial charge on any atom is 0.224 e. The van der Waals surface area contributed by atoms with Crippen LogP contribution in [0.15, 0.2) is 30.3 Å². The van der Waals surface area contributed by atoms with E-state index in [2.05, 4.69) is 26.1 Å². The number of rotatable bonds is 4. The van der Waals surface area contributed by atoms with Crippen molar-refractivity contribution in [2.75, 3.05) is 0 Å². The molecule has 0 heterocycles. The fourth-order valence-corrected chi connectivity index (χ4v) is 1.96. The summed E-state index contributed by atoms with van der Waals surface area (Å²) in [5.41, 5.74) is 6.88. The standard InChI is InChI=1S/C16H26N2O.ClH/c1-11(12(2)17)15(19)18-14(16(3,4)5)13-9-7-6-8-10-13;/h6-12,14H,17H2,1-5H3,(H,18,19);1H. The summed E-state index contributed by atoms with van der Waals surface area (Å²) in [6.45, 7) is 10.1. The molecule has 3 N–H and O–H groups in total. The van der Waals surface area contributed by atoms with Crippen molar-refractivity contribution < 1.29 is 4.79 Å². The van der Waals surface area contributed by atoms with Crippen LogP contribution in [0, 0.1) is 11.3 Å². The summed E-state index contributed by atoms with van der Waals surface area (Å²) in [5, 5.41) is 3.14. The molecule has 0 spiro atoms. The second-order valence-corrected chi connectivity index (χ2v) is 6.37. The molecule has 0 radical (unpaired) electrons. The summed E-state index contributed by atoms with van der Waals surface area (Å²) in [4.78, 5) is 12.2. The molecular weight excluding hydrogens is 272 g/mol. The Balaban J connectivity index is 0.00000361. The van der Waals surface area contributed by atoms with Crippen LogP contribution >= 0.6 is 12.4 Å². The number of nitrogens with one attached hydrogen (secondary N) is 1. The Morgan fingerprint density at radius 1 is 1.15 bits per heavy atom. The van der Waals surface area contributed by atoms with E-state index in [0.717, 1.165) is 5.56 Å². The second kappa shape index (κ2) is 7.65. The Kier molecular flexibility index (Phi) is 7.25. The number of carbonyl (C=O) groups is 1. The summed E-state index contributed by atoms with van der Waals surface area (Å²) in [7, 11) is 0. The molecular formula is C16H27ClN2O. The minimum Gasteiger partial charge on any atom is -0.348 e. The molecule has 0 aromatic heterocycles. The lowest BCUT2D eigenvalue weighted by molar-refractivity contribution is -0.126. The minimum atomic E-state index is -0.187. The molecule has 1 aromatic carbocycles. The predicted octanol–water partition coefficient (Wildman–Crippen LogP) is 3.30. The van der Waals surface area contributed by atoms with Gasteiger partial charge in [-0.15, -0.1) is 12.4 Å². The topological polar surface area (TPSA) is 55.1 Å². The van der Waals surface area contributed by atoms with Crippen LogP contribution in [0.3, 0.4) is 0 Å². The lowest BCUT2D eigenvalue weighted by atomic mass is 9.82. The summed E-state index contributed by atoms with van der Waals surface area (Å²) in [6, 6.07) is 9.92. The first kappa shape index (κ1) is 18.9.